The van der Waals surface area contributed by atoms with Crippen LogP contribution in [-0.2, 0) is 4.79 Å². The van der Waals surface area contributed by atoms with Gasteiger partial charge in [0.25, 0.3) is 0 Å². The molecule has 4 heteroatoms. The lowest BCUT2D eigenvalue weighted by atomic mass is 10.3. The molecule has 0 radical (unpaired) electrons. The number of hydrogen-bond donors (Lipinski definition) is 1. The highest BCUT2D eigenvalue weighted by Gasteiger charge is 2.24. The molecule has 1 aliphatic rings. The predicted octanol–water partition coefficient (Wildman–Crippen LogP) is 0.886. The molecule has 92 valence electrons. The van der Waals surface area contributed by atoms with Crippen LogP contribution in [0.15, 0.2) is 30.3 Å². The fourth-order valence-corrected chi connectivity index (χ4v) is 2.01. The molecule has 1 aliphatic heterocycles. The van der Waals surface area contributed by atoms with E-state index in [1.807, 2.05) is 30.3 Å². The van der Waals surface area contributed by atoms with Crippen molar-refractivity contribution >= 4 is 5.91 Å². The van der Waals surface area contributed by atoms with E-state index >= 15 is 0 Å². The number of likely N-dealkylation sites (tertiary alicyclic amines) is 1. The summed E-state index contributed by atoms with van der Waals surface area (Å²) in [5.74, 6) is 0.963. The fourth-order valence-electron chi connectivity index (χ4n) is 2.01. The third kappa shape index (κ3) is 3.46. The second-order valence-corrected chi connectivity index (χ2v) is 4.25. The molecule has 0 unspecified atom stereocenters. The van der Waals surface area contributed by atoms with Gasteiger partial charge in [-0.05, 0) is 18.6 Å². The molecule has 1 aromatic carbocycles. The molecule has 1 fully saturated rings. The molecule has 4 nitrogen and oxygen atoms in total. The standard InChI is InChI=1S/C13H18N2O2/c1-14-13(16)10-15-8-7-12(9-15)17-11-5-3-2-4-6-11/h2-6,12H,7-10H2,1H3,(H,14,16)/t12-/m0/s1. The molecule has 1 aromatic rings. The minimum absolute atomic E-state index is 0.0605. The minimum Gasteiger partial charge on any atom is -0.489 e. The monoisotopic (exact) mass is 234 g/mol. The van der Waals surface area contributed by atoms with Gasteiger partial charge in [-0.3, -0.25) is 9.69 Å². The van der Waals surface area contributed by atoms with E-state index in [9.17, 15) is 4.79 Å². The van der Waals surface area contributed by atoms with Crippen molar-refractivity contribution in [3.8, 4) is 5.75 Å². The normalized spacial score (nSPS) is 20.2. The Balaban J connectivity index is 1.80. The molecule has 1 heterocycles. The zero-order chi connectivity index (χ0) is 12.1. The lowest BCUT2D eigenvalue weighted by Crippen LogP contribution is -2.35. The molecule has 1 N–H and O–H groups in total. The summed E-state index contributed by atoms with van der Waals surface area (Å²) in [6.07, 6.45) is 1.17. The molecular formula is C13H18N2O2. The largest absolute Gasteiger partial charge is 0.489 e. The smallest absolute Gasteiger partial charge is 0.233 e. The molecule has 0 bridgehead atoms. The number of para-hydroxylation sites is 1. The first-order valence-corrected chi connectivity index (χ1v) is 5.92. The number of carbonyl (C=O) groups is 1. The summed E-state index contributed by atoms with van der Waals surface area (Å²) >= 11 is 0. The number of nitrogens with zero attached hydrogens (tertiary/aromatic N) is 1. The Morgan fingerprint density at radius 2 is 2.24 bits per heavy atom. The van der Waals surface area contributed by atoms with Crippen LogP contribution in [0, 0.1) is 0 Å². The number of rotatable bonds is 4. The van der Waals surface area contributed by atoms with Crippen molar-refractivity contribution in [2.45, 2.75) is 12.5 Å². The zero-order valence-corrected chi connectivity index (χ0v) is 10.1. The highest BCUT2D eigenvalue weighted by Crippen LogP contribution is 2.17. The third-order valence-corrected chi connectivity index (χ3v) is 2.92. The van der Waals surface area contributed by atoms with Gasteiger partial charge in [0.05, 0.1) is 6.54 Å². The summed E-state index contributed by atoms with van der Waals surface area (Å²) in [6, 6.07) is 9.82. The molecule has 1 amide bonds. The predicted molar refractivity (Wildman–Crippen MR) is 66.0 cm³/mol. The average molecular weight is 234 g/mol. The van der Waals surface area contributed by atoms with Crippen LogP contribution in [0.25, 0.3) is 0 Å². The molecule has 17 heavy (non-hydrogen) atoms. The molecular weight excluding hydrogens is 216 g/mol. The number of benzene rings is 1. The van der Waals surface area contributed by atoms with E-state index in [2.05, 4.69) is 10.2 Å². The van der Waals surface area contributed by atoms with Crippen LogP contribution in [0.3, 0.4) is 0 Å². The molecule has 0 aromatic heterocycles. The molecule has 1 saturated heterocycles. The quantitative estimate of drug-likeness (QED) is 0.841. The molecule has 1 atom stereocenters. The maximum absolute atomic E-state index is 11.2. The lowest BCUT2D eigenvalue weighted by molar-refractivity contribution is -0.121. The van der Waals surface area contributed by atoms with E-state index in [0.29, 0.717) is 6.54 Å². The maximum Gasteiger partial charge on any atom is 0.233 e. The summed E-state index contributed by atoms with van der Waals surface area (Å²) in [5.41, 5.74) is 0. The molecule has 2 rings (SSSR count). The van der Waals surface area contributed by atoms with Gasteiger partial charge >= 0.3 is 0 Å². The van der Waals surface area contributed by atoms with E-state index in [0.717, 1.165) is 25.3 Å². The summed E-state index contributed by atoms with van der Waals surface area (Å²) in [4.78, 5) is 13.4. The summed E-state index contributed by atoms with van der Waals surface area (Å²) in [7, 11) is 1.66. The van der Waals surface area contributed by atoms with Crippen molar-refractivity contribution in [3.05, 3.63) is 30.3 Å². The van der Waals surface area contributed by atoms with Gasteiger partial charge in [-0.15, -0.1) is 0 Å². The van der Waals surface area contributed by atoms with Gasteiger partial charge in [-0.1, -0.05) is 18.2 Å². The van der Waals surface area contributed by atoms with E-state index in [1.165, 1.54) is 0 Å². The SMILES string of the molecule is CNC(=O)CN1CC[C@H](Oc2ccccc2)C1. The summed E-state index contributed by atoms with van der Waals surface area (Å²) in [5, 5.41) is 2.63. The second-order valence-electron chi connectivity index (χ2n) is 4.25. The number of carbonyl (C=O) groups excluding carboxylic acids is 1. The van der Waals surface area contributed by atoms with Gasteiger partial charge in [0.2, 0.25) is 5.91 Å². The van der Waals surface area contributed by atoms with Crippen LogP contribution >= 0.6 is 0 Å². The van der Waals surface area contributed by atoms with Gasteiger partial charge < -0.3 is 10.1 Å². The average Bonchev–Trinajstić information content (AvgIpc) is 2.77. The van der Waals surface area contributed by atoms with Gasteiger partial charge in [-0.25, -0.2) is 0 Å². The highest BCUT2D eigenvalue weighted by atomic mass is 16.5. The van der Waals surface area contributed by atoms with Gasteiger partial charge in [-0.2, -0.15) is 0 Å². The van der Waals surface area contributed by atoms with Crippen LogP contribution in [0.5, 0.6) is 5.75 Å². The molecule has 0 saturated carbocycles. The number of amides is 1. The highest BCUT2D eigenvalue weighted by molar-refractivity contribution is 5.77. The molecule has 0 spiro atoms. The first kappa shape index (κ1) is 11.9. The van der Waals surface area contributed by atoms with E-state index in [1.54, 1.807) is 7.05 Å². The van der Waals surface area contributed by atoms with Crippen LogP contribution < -0.4 is 10.1 Å². The van der Waals surface area contributed by atoms with Crippen molar-refractivity contribution < 1.29 is 9.53 Å². The van der Waals surface area contributed by atoms with Crippen LogP contribution in [0.1, 0.15) is 6.42 Å². The van der Waals surface area contributed by atoms with Crippen molar-refractivity contribution in [1.82, 2.24) is 10.2 Å². The second kappa shape index (κ2) is 5.68. The first-order chi connectivity index (χ1) is 8.28. The van der Waals surface area contributed by atoms with E-state index in [-0.39, 0.29) is 12.0 Å². The van der Waals surface area contributed by atoms with Crippen LogP contribution in [0.2, 0.25) is 0 Å². The Bertz CT molecular complexity index is 367. The van der Waals surface area contributed by atoms with Gasteiger partial charge in [0.1, 0.15) is 11.9 Å². The van der Waals surface area contributed by atoms with Crippen LogP contribution in [0.4, 0.5) is 0 Å². The van der Waals surface area contributed by atoms with Crippen molar-refractivity contribution in [3.63, 3.8) is 0 Å². The first-order valence-electron chi connectivity index (χ1n) is 5.92. The van der Waals surface area contributed by atoms with Gasteiger partial charge in [0.15, 0.2) is 0 Å². The van der Waals surface area contributed by atoms with E-state index < -0.39 is 0 Å². The zero-order valence-electron chi connectivity index (χ0n) is 10.1. The Morgan fingerprint density at radius 3 is 2.94 bits per heavy atom. The van der Waals surface area contributed by atoms with Crippen molar-refractivity contribution in [1.29, 1.82) is 0 Å². The molecule has 0 aliphatic carbocycles. The number of hydrogen-bond acceptors (Lipinski definition) is 3. The Hall–Kier alpha value is -1.55. The minimum atomic E-state index is 0.0605. The number of nitrogens with one attached hydrogen (secondary N) is 1. The van der Waals surface area contributed by atoms with Crippen LogP contribution in [-0.4, -0.2) is 43.6 Å². The summed E-state index contributed by atoms with van der Waals surface area (Å²) < 4.78 is 5.85. The fraction of sp³-hybridized carbons (Fsp3) is 0.462. The Labute approximate surface area is 102 Å². The van der Waals surface area contributed by atoms with Crippen molar-refractivity contribution in [2.24, 2.45) is 0 Å². The topological polar surface area (TPSA) is 41.6 Å². The van der Waals surface area contributed by atoms with Crippen molar-refractivity contribution in [2.75, 3.05) is 26.7 Å². The Morgan fingerprint density at radius 1 is 1.47 bits per heavy atom. The van der Waals surface area contributed by atoms with Gasteiger partial charge in [0, 0.05) is 20.1 Å². The van der Waals surface area contributed by atoms with E-state index in [4.69, 9.17) is 4.74 Å². The maximum atomic E-state index is 11.2. The summed E-state index contributed by atoms with van der Waals surface area (Å²) in [6.45, 7) is 2.21. The number of likely N-dealkylation sites (N-methyl/N-ethyl adjacent to an activating group) is 1. The third-order valence-electron chi connectivity index (χ3n) is 2.92. The lowest BCUT2D eigenvalue weighted by Gasteiger charge is -2.15. The Kier molecular flexibility index (Phi) is 3.98. The number of ether oxygens (including phenoxy) is 1.